The Hall–Kier alpha value is -4.01. The lowest BCUT2D eigenvalue weighted by Crippen LogP contribution is -2.42. The number of nitrogens with zero attached hydrogens (tertiary/aromatic N) is 4. The summed E-state index contributed by atoms with van der Waals surface area (Å²) in [6.45, 7) is 0.497. The van der Waals surface area contributed by atoms with Gasteiger partial charge in [-0.2, -0.15) is 0 Å². The molecule has 0 bridgehead atoms. The van der Waals surface area contributed by atoms with E-state index in [9.17, 15) is 14.9 Å². The number of methoxy groups -OCH3 is 1. The van der Waals surface area contributed by atoms with Crippen molar-refractivity contribution in [3.05, 3.63) is 76.1 Å². The highest BCUT2D eigenvalue weighted by Gasteiger charge is 2.36. The topological polar surface area (TPSA) is 110 Å². The van der Waals surface area contributed by atoms with Crippen LogP contribution in [-0.4, -0.2) is 44.9 Å². The summed E-state index contributed by atoms with van der Waals surface area (Å²) >= 11 is 0. The number of nitrogens with one attached hydrogen (secondary N) is 1. The fraction of sp³-hybridized carbons (Fsp3) is 0.320. The van der Waals surface area contributed by atoms with Gasteiger partial charge in [-0.25, -0.2) is 9.97 Å². The Morgan fingerprint density at radius 1 is 1.09 bits per heavy atom. The maximum Gasteiger partial charge on any atom is 0.270 e. The summed E-state index contributed by atoms with van der Waals surface area (Å²) in [6.07, 6.45) is 7.24. The van der Waals surface area contributed by atoms with Crippen LogP contribution in [-0.2, 0) is 6.54 Å². The second-order valence-corrected chi connectivity index (χ2v) is 8.72. The fourth-order valence-electron chi connectivity index (χ4n) is 4.82. The van der Waals surface area contributed by atoms with Crippen molar-refractivity contribution in [3.8, 4) is 16.9 Å². The highest BCUT2D eigenvalue weighted by molar-refractivity contribution is 5.99. The molecule has 2 aliphatic rings. The van der Waals surface area contributed by atoms with Gasteiger partial charge in [-0.05, 0) is 55.0 Å². The monoisotopic (exact) mass is 459 g/mol. The van der Waals surface area contributed by atoms with Crippen molar-refractivity contribution >= 4 is 17.5 Å². The molecule has 1 aliphatic carbocycles. The van der Waals surface area contributed by atoms with Gasteiger partial charge >= 0.3 is 0 Å². The van der Waals surface area contributed by atoms with Crippen LogP contribution in [0.1, 0.15) is 41.6 Å². The molecule has 1 fully saturated rings. The van der Waals surface area contributed by atoms with Crippen LogP contribution < -0.4 is 10.1 Å². The molecule has 174 valence electrons. The Morgan fingerprint density at radius 3 is 2.56 bits per heavy atom. The molecule has 2 atom stereocenters. The van der Waals surface area contributed by atoms with Crippen LogP contribution in [0.25, 0.3) is 11.1 Å². The quantitative estimate of drug-likeness (QED) is 0.428. The van der Waals surface area contributed by atoms with E-state index in [1.54, 1.807) is 25.6 Å². The molecule has 1 aliphatic heterocycles. The van der Waals surface area contributed by atoms with Gasteiger partial charge < -0.3 is 15.0 Å². The zero-order valence-corrected chi connectivity index (χ0v) is 18.8. The molecule has 34 heavy (non-hydrogen) atoms. The summed E-state index contributed by atoms with van der Waals surface area (Å²) < 4.78 is 5.20. The molecule has 2 aromatic carbocycles. The molecular formula is C25H25N5O4. The highest BCUT2D eigenvalue weighted by Crippen LogP contribution is 2.33. The van der Waals surface area contributed by atoms with Gasteiger partial charge in [0.25, 0.3) is 11.6 Å². The van der Waals surface area contributed by atoms with Crippen LogP contribution in [0.2, 0.25) is 0 Å². The number of amides is 1. The van der Waals surface area contributed by atoms with Gasteiger partial charge in [0.15, 0.2) is 0 Å². The van der Waals surface area contributed by atoms with E-state index in [0.29, 0.717) is 18.1 Å². The molecule has 3 aromatic rings. The van der Waals surface area contributed by atoms with Gasteiger partial charge in [0.2, 0.25) is 5.95 Å². The van der Waals surface area contributed by atoms with E-state index in [1.165, 1.54) is 12.1 Å². The van der Waals surface area contributed by atoms with Crippen LogP contribution >= 0.6 is 0 Å². The molecule has 1 N–H and O–H groups in total. The molecule has 9 heteroatoms. The number of hydrogen-bond donors (Lipinski definition) is 1. The first-order valence-corrected chi connectivity index (χ1v) is 11.3. The average Bonchev–Trinajstić information content (AvgIpc) is 3.20. The first kappa shape index (κ1) is 21.8. The van der Waals surface area contributed by atoms with E-state index < -0.39 is 4.92 Å². The van der Waals surface area contributed by atoms with Gasteiger partial charge in [0, 0.05) is 48.7 Å². The Balaban J connectivity index is 1.23. The number of rotatable bonds is 6. The lowest BCUT2D eigenvalue weighted by molar-refractivity contribution is -0.384. The van der Waals surface area contributed by atoms with Gasteiger partial charge in [-0.15, -0.1) is 0 Å². The van der Waals surface area contributed by atoms with E-state index >= 15 is 0 Å². The number of fused-ring (bicyclic) bond motifs is 1. The normalized spacial score (nSPS) is 19.6. The van der Waals surface area contributed by atoms with Crippen molar-refractivity contribution in [1.29, 1.82) is 0 Å². The van der Waals surface area contributed by atoms with Crippen molar-refractivity contribution in [2.24, 2.45) is 0 Å². The molecule has 2 heterocycles. The van der Waals surface area contributed by atoms with E-state index in [1.807, 2.05) is 29.2 Å². The third-order valence-electron chi connectivity index (χ3n) is 6.63. The number of anilines is 1. The fourth-order valence-corrected chi connectivity index (χ4v) is 4.82. The predicted molar refractivity (Wildman–Crippen MR) is 127 cm³/mol. The molecule has 1 amide bonds. The molecular weight excluding hydrogens is 434 g/mol. The molecule has 1 aromatic heterocycles. The second kappa shape index (κ2) is 9.09. The number of nitro benzene ring substituents is 1. The minimum atomic E-state index is -0.462. The molecule has 0 radical (unpaired) electrons. The van der Waals surface area contributed by atoms with E-state index in [0.717, 1.165) is 48.1 Å². The summed E-state index contributed by atoms with van der Waals surface area (Å²) in [5.41, 5.74) is 3.18. The first-order chi connectivity index (χ1) is 16.5. The number of carbonyl (C=O) groups excluding carboxylic acids is 1. The maximum absolute atomic E-state index is 13.0. The van der Waals surface area contributed by atoms with Gasteiger partial charge in [-0.3, -0.25) is 14.9 Å². The third-order valence-corrected chi connectivity index (χ3v) is 6.63. The van der Waals surface area contributed by atoms with Gasteiger partial charge in [0.05, 0.1) is 17.6 Å². The average molecular weight is 460 g/mol. The number of benzene rings is 2. The highest BCUT2D eigenvalue weighted by atomic mass is 16.6. The summed E-state index contributed by atoms with van der Waals surface area (Å²) in [5, 5.41) is 14.5. The molecule has 0 saturated heterocycles. The largest absolute Gasteiger partial charge is 0.497 e. The van der Waals surface area contributed by atoms with Crippen LogP contribution in [0, 0.1) is 10.1 Å². The summed E-state index contributed by atoms with van der Waals surface area (Å²) in [6, 6.07) is 12.5. The number of aromatic nitrogens is 2. The predicted octanol–water partition coefficient (Wildman–Crippen LogP) is 4.44. The minimum absolute atomic E-state index is 0.0487. The molecule has 0 spiro atoms. The van der Waals surface area contributed by atoms with Gasteiger partial charge in [0.1, 0.15) is 5.75 Å². The van der Waals surface area contributed by atoms with Crippen molar-refractivity contribution in [3.63, 3.8) is 0 Å². The van der Waals surface area contributed by atoms with Gasteiger partial charge in [-0.1, -0.05) is 12.1 Å². The Labute approximate surface area is 196 Å². The van der Waals surface area contributed by atoms with Crippen molar-refractivity contribution < 1.29 is 14.5 Å². The van der Waals surface area contributed by atoms with Crippen molar-refractivity contribution in [2.45, 2.75) is 44.3 Å². The smallest absolute Gasteiger partial charge is 0.270 e. The molecule has 0 unspecified atom stereocenters. The van der Waals surface area contributed by atoms with Crippen molar-refractivity contribution in [1.82, 2.24) is 14.9 Å². The van der Waals surface area contributed by atoms with Crippen LogP contribution in [0.4, 0.5) is 11.6 Å². The maximum atomic E-state index is 13.0. The zero-order valence-electron chi connectivity index (χ0n) is 18.8. The molecule has 5 rings (SSSR count). The third kappa shape index (κ3) is 4.28. The van der Waals surface area contributed by atoms with Crippen molar-refractivity contribution in [2.75, 3.05) is 12.4 Å². The number of carbonyl (C=O) groups is 1. The SMILES string of the molecule is COc1ccc(-c2cnc(N[C@@H]3CCC[C@H](N4Cc5ccc([N+](=O)[O-])cc5C4=O)C3)nc2)cc1. The molecule has 9 nitrogen and oxygen atoms in total. The van der Waals surface area contributed by atoms with Crippen LogP contribution in [0.15, 0.2) is 54.9 Å². The van der Waals surface area contributed by atoms with E-state index in [4.69, 9.17) is 4.74 Å². The second-order valence-electron chi connectivity index (χ2n) is 8.72. The summed E-state index contributed by atoms with van der Waals surface area (Å²) in [7, 11) is 1.64. The number of ether oxygens (including phenoxy) is 1. The Kier molecular flexibility index (Phi) is 5.83. The number of hydrogen-bond acceptors (Lipinski definition) is 7. The van der Waals surface area contributed by atoms with Crippen LogP contribution in [0.3, 0.4) is 0 Å². The minimum Gasteiger partial charge on any atom is -0.497 e. The number of nitro groups is 1. The number of non-ortho nitro benzene ring substituents is 1. The first-order valence-electron chi connectivity index (χ1n) is 11.3. The Morgan fingerprint density at radius 2 is 1.85 bits per heavy atom. The lowest BCUT2D eigenvalue weighted by atomic mass is 9.90. The summed E-state index contributed by atoms with van der Waals surface area (Å²) in [4.78, 5) is 34.5. The van der Waals surface area contributed by atoms with E-state index in [-0.39, 0.29) is 23.7 Å². The van der Waals surface area contributed by atoms with E-state index in [2.05, 4.69) is 15.3 Å². The summed E-state index contributed by atoms with van der Waals surface area (Å²) in [5.74, 6) is 1.24. The Bertz CT molecular complexity index is 1210. The zero-order chi connectivity index (χ0) is 23.7. The lowest BCUT2D eigenvalue weighted by Gasteiger charge is -2.35. The standard InChI is InChI=1S/C25H25N5O4/c1-34-22-9-6-16(7-10-22)18-13-26-25(27-14-18)28-19-3-2-4-20(11-19)29-15-17-5-8-21(30(32)33)12-23(17)24(29)31/h5-10,12-14,19-20H,2-4,11,15H2,1H3,(H,26,27,28)/t19-,20+/m1/s1. The molecule has 1 saturated carbocycles. The van der Waals surface area contributed by atoms with Crippen LogP contribution in [0.5, 0.6) is 5.75 Å².